The number of rotatable bonds is 26. The number of benzene rings is 2. The van der Waals surface area contributed by atoms with Crippen LogP contribution in [0.5, 0.6) is 11.5 Å². The van der Waals surface area contributed by atoms with E-state index in [4.69, 9.17) is 37.9 Å². The molecule has 0 spiro atoms. The van der Waals surface area contributed by atoms with Crippen LogP contribution in [-0.2, 0) is 39.3 Å². The van der Waals surface area contributed by atoms with Crippen LogP contribution in [0.15, 0.2) is 84.9 Å². The summed E-state index contributed by atoms with van der Waals surface area (Å²) in [5, 5.41) is 0. The molecule has 0 bridgehead atoms. The third-order valence-corrected chi connectivity index (χ3v) is 17.5. The topological polar surface area (TPSA) is 73.8 Å². The highest BCUT2D eigenvalue weighted by molar-refractivity contribution is 7.24. The summed E-state index contributed by atoms with van der Waals surface area (Å²) in [6.07, 6.45) is 0. The van der Waals surface area contributed by atoms with Gasteiger partial charge in [0.2, 0.25) is 0 Å². The molecule has 8 nitrogen and oxygen atoms in total. The highest BCUT2D eigenvalue weighted by Crippen LogP contribution is 2.67. The molecule has 0 aliphatic heterocycles. The lowest BCUT2D eigenvalue weighted by atomic mass is 9.92. The number of ether oxygens (including phenoxy) is 8. The summed E-state index contributed by atoms with van der Waals surface area (Å²) >= 11 is 5.02. The fourth-order valence-corrected chi connectivity index (χ4v) is 12.4. The van der Waals surface area contributed by atoms with Gasteiger partial charge in [-0.3, -0.25) is 0 Å². The first-order valence-electron chi connectivity index (χ1n) is 23.8. The van der Waals surface area contributed by atoms with Gasteiger partial charge in [0, 0.05) is 75.5 Å². The van der Waals surface area contributed by atoms with Gasteiger partial charge in [-0.15, -0.1) is 45.3 Å². The minimum absolute atomic E-state index is 0.124. The average Bonchev–Trinajstić information content (AvgIpc) is 4.20. The third-order valence-electron chi connectivity index (χ3n) is 11.7. The molecule has 1 aliphatic carbocycles. The minimum atomic E-state index is -5.81. The number of hydrogen-bond donors (Lipinski definition) is 0. The summed E-state index contributed by atoms with van der Waals surface area (Å²) in [5.74, 6) is -15.6. The molecule has 0 fully saturated rings. The maximum absolute atomic E-state index is 17.1. The normalized spacial score (nSPS) is 15.4. The van der Waals surface area contributed by atoms with Crippen LogP contribution in [0.1, 0.15) is 62.4 Å². The van der Waals surface area contributed by atoms with E-state index in [1.807, 2.05) is 65.8 Å². The Hall–Kier alpha value is -4.08. The van der Waals surface area contributed by atoms with Crippen molar-refractivity contribution in [1.29, 1.82) is 0 Å². The molecule has 4 aromatic heterocycles. The zero-order valence-electron chi connectivity index (χ0n) is 42.2. The Morgan fingerprint density at radius 2 is 0.726 bits per heavy atom. The molecule has 0 amide bonds. The van der Waals surface area contributed by atoms with Crippen LogP contribution in [0.4, 0.5) is 26.3 Å². The zero-order valence-corrected chi connectivity index (χ0v) is 45.5. The lowest BCUT2D eigenvalue weighted by Gasteiger charge is -2.26. The van der Waals surface area contributed by atoms with Crippen LogP contribution >= 0.6 is 45.3 Å². The Morgan fingerprint density at radius 3 is 1.04 bits per heavy atom. The molecule has 7 rings (SSSR count). The fraction of sp³-hybridized carbons (Fsp3) is 0.455. The highest BCUT2D eigenvalue weighted by atomic mass is 32.1. The van der Waals surface area contributed by atoms with Gasteiger partial charge in [0.25, 0.3) is 0 Å². The molecule has 73 heavy (non-hydrogen) atoms. The Kier molecular flexibility index (Phi) is 18.8. The molecule has 0 unspecified atom stereocenters. The van der Waals surface area contributed by atoms with E-state index in [0.717, 1.165) is 32.4 Å². The molecular formula is C55H62F6O8S4. The van der Waals surface area contributed by atoms with E-state index in [-0.39, 0.29) is 47.0 Å². The van der Waals surface area contributed by atoms with Gasteiger partial charge in [0.15, 0.2) is 0 Å². The summed E-state index contributed by atoms with van der Waals surface area (Å²) in [6, 6.07) is 23.2. The van der Waals surface area contributed by atoms with Crippen LogP contribution in [0, 0.1) is 0 Å². The highest BCUT2D eigenvalue weighted by Gasteiger charge is 2.80. The molecule has 0 saturated carbocycles. The second-order valence-electron chi connectivity index (χ2n) is 19.2. The maximum Gasteiger partial charge on any atom is 0.380 e. The largest absolute Gasteiger partial charge is 0.491 e. The van der Waals surface area contributed by atoms with Crippen molar-refractivity contribution in [3.05, 3.63) is 106 Å². The standard InChI is InChI=1S/C55H62F6O8S4/c1-51(2,3)45-19-17-41(70-45)43-33-39(49(72-43)35-9-13-37(14-10-35)68-31-29-66-27-25-64-23-21-62-7)47-48(54(58,59)55(60,61)53(47,56)57)40-34-44(42-18-20-46(71-42)52(4,5)6)73-50(40)36-11-15-38(16-12-36)69-32-30-67-28-26-65-24-22-63-8/h9-20,33-34H,21-32H2,1-8H3. The Balaban J connectivity index is 1.31. The number of halogens is 6. The van der Waals surface area contributed by atoms with Gasteiger partial charge in [-0.2, -0.15) is 26.3 Å². The average molecular weight is 1090 g/mol. The zero-order chi connectivity index (χ0) is 52.6. The molecule has 0 radical (unpaired) electrons. The lowest BCUT2D eigenvalue weighted by molar-refractivity contribution is -0.254. The molecule has 18 heteroatoms. The Morgan fingerprint density at radius 1 is 0.397 bits per heavy atom. The van der Waals surface area contributed by atoms with Gasteiger partial charge in [-0.25, -0.2) is 0 Å². The first-order valence-corrected chi connectivity index (χ1v) is 27.1. The van der Waals surface area contributed by atoms with Gasteiger partial charge in [-0.05, 0) is 107 Å². The number of allylic oxidation sites excluding steroid dienone is 2. The fourth-order valence-electron chi connectivity index (χ4n) is 7.78. The molecule has 4 heterocycles. The number of alkyl halides is 6. The van der Waals surface area contributed by atoms with Crippen LogP contribution < -0.4 is 9.47 Å². The van der Waals surface area contributed by atoms with E-state index < -0.39 is 40.0 Å². The van der Waals surface area contributed by atoms with E-state index in [2.05, 4.69) is 0 Å². The van der Waals surface area contributed by atoms with Crippen molar-refractivity contribution in [3.8, 4) is 51.9 Å². The van der Waals surface area contributed by atoms with Gasteiger partial charge >= 0.3 is 17.8 Å². The van der Waals surface area contributed by atoms with Crippen LogP contribution in [0.25, 0.3) is 51.5 Å². The number of thiophene rings is 4. The Bertz CT molecular complexity index is 2560. The number of methoxy groups -OCH3 is 2. The summed E-state index contributed by atoms with van der Waals surface area (Å²) in [7, 11) is 3.18. The van der Waals surface area contributed by atoms with Crippen LogP contribution in [-0.4, -0.2) is 111 Å². The molecule has 1 aliphatic rings. The summed E-state index contributed by atoms with van der Waals surface area (Å²) in [4.78, 5) is 4.53. The van der Waals surface area contributed by atoms with Crippen LogP contribution in [0.2, 0.25) is 0 Å². The maximum atomic E-state index is 17.1. The summed E-state index contributed by atoms with van der Waals surface area (Å²) < 4.78 is 145. The minimum Gasteiger partial charge on any atom is -0.491 e. The quantitative estimate of drug-likeness (QED) is 0.0393. The molecule has 6 aromatic rings. The molecule has 0 N–H and O–H groups in total. The van der Waals surface area contributed by atoms with Crippen molar-refractivity contribution in [2.45, 2.75) is 70.1 Å². The summed E-state index contributed by atoms with van der Waals surface area (Å²) in [6.45, 7) is 16.5. The second kappa shape index (κ2) is 24.3. The Labute approximate surface area is 439 Å². The molecule has 0 saturated heterocycles. The molecule has 2 aromatic carbocycles. The van der Waals surface area contributed by atoms with E-state index in [9.17, 15) is 0 Å². The smallest absolute Gasteiger partial charge is 0.380 e. The predicted octanol–water partition coefficient (Wildman–Crippen LogP) is 15.1. The molecular weight excluding hydrogens is 1030 g/mol. The van der Waals surface area contributed by atoms with Crippen molar-refractivity contribution in [2.24, 2.45) is 0 Å². The van der Waals surface area contributed by atoms with E-state index in [1.165, 1.54) is 34.8 Å². The van der Waals surface area contributed by atoms with Crippen molar-refractivity contribution in [2.75, 3.05) is 93.5 Å². The molecule has 0 atom stereocenters. The SMILES string of the molecule is COCCOCCOCCOc1ccc(-c2sc(-c3ccc(C(C)(C)C)s3)cc2C2=C(c3cc(-c4ccc(C(C)(C)C)s4)sc3-c3ccc(OCCOCCOCCOC)cc3)C(F)(F)C(F)(F)C2(F)F)cc1. The first-order chi connectivity index (χ1) is 34.7. The van der Waals surface area contributed by atoms with Gasteiger partial charge < -0.3 is 37.9 Å². The van der Waals surface area contributed by atoms with Gasteiger partial charge in [0.05, 0.1) is 66.1 Å². The van der Waals surface area contributed by atoms with Gasteiger partial charge in [0.1, 0.15) is 24.7 Å². The van der Waals surface area contributed by atoms with E-state index >= 15 is 26.3 Å². The van der Waals surface area contributed by atoms with Crippen LogP contribution in [0.3, 0.4) is 0 Å². The summed E-state index contributed by atoms with van der Waals surface area (Å²) in [5.41, 5.74) is -3.47. The first kappa shape index (κ1) is 56.6. The van der Waals surface area contributed by atoms with Gasteiger partial charge in [-0.1, -0.05) is 41.5 Å². The van der Waals surface area contributed by atoms with Crippen molar-refractivity contribution in [3.63, 3.8) is 0 Å². The number of hydrogen-bond acceptors (Lipinski definition) is 12. The van der Waals surface area contributed by atoms with Crippen molar-refractivity contribution >= 4 is 56.5 Å². The lowest BCUT2D eigenvalue weighted by Crippen LogP contribution is -2.48. The van der Waals surface area contributed by atoms with E-state index in [1.54, 1.807) is 62.8 Å². The van der Waals surface area contributed by atoms with E-state index in [0.29, 0.717) is 95.0 Å². The molecule has 396 valence electrons. The second-order valence-corrected chi connectivity index (χ2v) is 23.5. The van der Waals surface area contributed by atoms with Crippen molar-refractivity contribution < 1.29 is 64.2 Å². The predicted molar refractivity (Wildman–Crippen MR) is 283 cm³/mol. The third kappa shape index (κ3) is 13.1. The monoisotopic (exact) mass is 1090 g/mol. The van der Waals surface area contributed by atoms with Crippen molar-refractivity contribution in [1.82, 2.24) is 0 Å².